The lowest BCUT2D eigenvalue weighted by Gasteiger charge is -2.06. The summed E-state index contributed by atoms with van der Waals surface area (Å²) in [5.74, 6) is 0.605. The van der Waals surface area contributed by atoms with E-state index in [1.165, 1.54) is 11.3 Å². The maximum absolute atomic E-state index is 12.8. The highest BCUT2D eigenvalue weighted by molar-refractivity contribution is 7.17. The SMILES string of the molecule is Cc1nc(-c2ccccc2)sc1C(=O)Nc1ccc(-c2nnnn2C2CC2)cc1. The van der Waals surface area contributed by atoms with Crippen LogP contribution in [0.5, 0.6) is 0 Å². The van der Waals surface area contributed by atoms with Crippen LogP contribution in [0.1, 0.15) is 34.2 Å². The van der Waals surface area contributed by atoms with Crippen molar-refractivity contribution in [3.63, 3.8) is 0 Å². The van der Waals surface area contributed by atoms with Crippen LogP contribution in [0.15, 0.2) is 54.6 Å². The van der Waals surface area contributed by atoms with Crippen LogP contribution in [-0.4, -0.2) is 31.1 Å². The topological polar surface area (TPSA) is 85.6 Å². The second-order valence-corrected chi connectivity index (χ2v) is 8.01. The van der Waals surface area contributed by atoms with E-state index in [1.54, 1.807) is 0 Å². The molecule has 0 spiro atoms. The zero-order chi connectivity index (χ0) is 19.8. The van der Waals surface area contributed by atoms with Gasteiger partial charge in [-0.3, -0.25) is 4.79 Å². The van der Waals surface area contributed by atoms with Gasteiger partial charge < -0.3 is 5.32 Å². The van der Waals surface area contributed by atoms with Crippen LogP contribution < -0.4 is 5.32 Å². The van der Waals surface area contributed by atoms with Crippen LogP contribution in [-0.2, 0) is 0 Å². The van der Waals surface area contributed by atoms with Crippen LogP contribution in [0.25, 0.3) is 22.0 Å². The fraction of sp³-hybridized carbons (Fsp3) is 0.190. The van der Waals surface area contributed by atoms with E-state index in [-0.39, 0.29) is 5.91 Å². The van der Waals surface area contributed by atoms with Crippen molar-refractivity contribution in [2.75, 3.05) is 5.32 Å². The van der Waals surface area contributed by atoms with Gasteiger partial charge in [-0.05, 0) is 54.5 Å². The third-order valence-electron chi connectivity index (χ3n) is 4.81. The van der Waals surface area contributed by atoms with E-state index >= 15 is 0 Å². The van der Waals surface area contributed by atoms with Gasteiger partial charge in [0, 0.05) is 16.8 Å². The van der Waals surface area contributed by atoms with Crippen LogP contribution in [0.4, 0.5) is 5.69 Å². The van der Waals surface area contributed by atoms with Crippen molar-refractivity contribution in [3.8, 4) is 22.0 Å². The number of rotatable bonds is 5. The number of carbonyl (C=O) groups is 1. The Kier molecular flexibility index (Phi) is 4.40. The van der Waals surface area contributed by atoms with Crippen molar-refractivity contribution in [2.45, 2.75) is 25.8 Å². The average molecular weight is 402 g/mol. The number of anilines is 1. The van der Waals surface area contributed by atoms with Gasteiger partial charge in [0.15, 0.2) is 5.82 Å². The molecule has 1 aliphatic carbocycles. The van der Waals surface area contributed by atoms with Crippen molar-refractivity contribution < 1.29 is 4.79 Å². The van der Waals surface area contributed by atoms with Gasteiger partial charge in [-0.2, -0.15) is 0 Å². The molecule has 29 heavy (non-hydrogen) atoms. The number of tetrazole rings is 1. The normalized spacial score (nSPS) is 13.4. The molecule has 0 aliphatic heterocycles. The lowest BCUT2D eigenvalue weighted by atomic mass is 10.2. The van der Waals surface area contributed by atoms with Gasteiger partial charge in [0.25, 0.3) is 5.91 Å². The third-order valence-corrected chi connectivity index (χ3v) is 6.02. The number of carbonyl (C=O) groups excluding carboxylic acids is 1. The van der Waals surface area contributed by atoms with E-state index in [9.17, 15) is 4.79 Å². The number of benzene rings is 2. The first kappa shape index (κ1) is 17.7. The van der Waals surface area contributed by atoms with Crippen molar-refractivity contribution in [1.82, 2.24) is 25.2 Å². The highest BCUT2D eigenvalue weighted by Gasteiger charge is 2.28. The Morgan fingerprint density at radius 3 is 2.55 bits per heavy atom. The Labute approximate surface area is 171 Å². The summed E-state index contributed by atoms with van der Waals surface area (Å²) in [7, 11) is 0. The molecule has 0 radical (unpaired) electrons. The second kappa shape index (κ2) is 7.21. The monoisotopic (exact) mass is 402 g/mol. The number of aryl methyl sites for hydroxylation is 1. The average Bonchev–Trinajstić information content (AvgIpc) is 3.34. The number of nitrogens with one attached hydrogen (secondary N) is 1. The van der Waals surface area contributed by atoms with E-state index in [0.717, 1.165) is 46.2 Å². The molecule has 4 aromatic rings. The lowest BCUT2D eigenvalue weighted by Crippen LogP contribution is -2.11. The Bertz CT molecular complexity index is 1160. The van der Waals surface area contributed by atoms with Crippen molar-refractivity contribution >= 4 is 22.9 Å². The standard InChI is InChI=1S/C21H18N6OS/c1-13-18(29-21(22-13)15-5-3-2-4-6-15)20(28)23-16-9-7-14(8-10-16)19-24-25-26-27(19)17-11-12-17/h2-10,17H,11-12H2,1H3,(H,23,28). The summed E-state index contributed by atoms with van der Waals surface area (Å²) in [6.45, 7) is 1.86. The van der Waals surface area contributed by atoms with Gasteiger partial charge in [-0.15, -0.1) is 16.4 Å². The molecule has 1 N–H and O–H groups in total. The molecular weight excluding hydrogens is 384 g/mol. The maximum Gasteiger partial charge on any atom is 0.267 e. The molecule has 1 aliphatic rings. The zero-order valence-electron chi connectivity index (χ0n) is 15.7. The van der Waals surface area contributed by atoms with Gasteiger partial charge in [0.2, 0.25) is 0 Å². The van der Waals surface area contributed by atoms with Crippen molar-refractivity contribution in [1.29, 1.82) is 0 Å². The second-order valence-electron chi connectivity index (χ2n) is 7.01. The molecule has 0 unspecified atom stereocenters. The summed E-state index contributed by atoms with van der Waals surface area (Å²) in [5.41, 5.74) is 3.39. The number of nitrogens with zero attached hydrogens (tertiary/aromatic N) is 5. The summed E-state index contributed by atoms with van der Waals surface area (Å²) in [4.78, 5) is 17.9. The van der Waals surface area contributed by atoms with Crippen molar-refractivity contribution in [2.24, 2.45) is 0 Å². The predicted octanol–water partition coefficient (Wildman–Crippen LogP) is 4.36. The van der Waals surface area contributed by atoms with E-state index in [2.05, 4.69) is 25.8 Å². The molecule has 2 aromatic carbocycles. The smallest absolute Gasteiger partial charge is 0.267 e. The molecular formula is C21H18N6OS. The maximum atomic E-state index is 12.8. The van der Waals surface area contributed by atoms with Crippen LogP contribution in [0, 0.1) is 6.92 Å². The van der Waals surface area contributed by atoms with Gasteiger partial charge in [-0.25, -0.2) is 9.67 Å². The third kappa shape index (κ3) is 3.54. The highest BCUT2D eigenvalue weighted by Crippen LogP contribution is 2.36. The van der Waals surface area contributed by atoms with E-state index in [4.69, 9.17) is 0 Å². The number of aromatic nitrogens is 5. The highest BCUT2D eigenvalue weighted by atomic mass is 32.1. The van der Waals surface area contributed by atoms with E-state index in [1.807, 2.05) is 66.2 Å². The van der Waals surface area contributed by atoms with E-state index < -0.39 is 0 Å². The number of thiazole rings is 1. The molecule has 1 fully saturated rings. The quantitative estimate of drug-likeness (QED) is 0.536. The summed E-state index contributed by atoms with van der Waals surface area (Å²) < 4.78 is 1.87. The Balaban J connectivity index is 1.33. The molecule has 8 heteroatoms. The molecule has 2 aromatic heterocycles. The Morgan fingerprint density at radius 1 is 1.07 bits per heavy atom. The molecule has 1 amide bonds. The molecule has 1 saturated carbocycles. The first-order valence-electron chi connectivity index (χ1n) is 9.41. The molecule has 0 bridgehead atoms. The molecule has 0 atom stereocenters. The number of hydrogen-bond donors (Lipinski definition) is 1. The minimum atomic E-state index is -0.155. The van der Waals surface area contributed by atoms with Crippen LogP contribution in [0.2, 0.25) is 0 Å². The summed E-state index contributed by atoms with van der Waals surface area (Å²) in [5, 5.41) is 15.8. The summed E-state index contributed by atoms with van der Waals surface area (Å²) >= 11 is 1.40. The van der Waals surface area contributed by atoms with Gasteiger partial charge >= 0.3 is 0 Å². The summed E-state index contributed by atoms with van der Waals surface area (Å²) in [6, 6.07) is 17.9. The molecule has 0 saturated heterocycles. The fourth-order valence-electron chi connectivity index (χ4n) is 3.15. The first-order valence-corrected chi connectivity index (χ1v) is 10.2. The Hall–Kier alpha value is -3.39. The predicted molar refractivity (Wildman–Crippen MR) is 112 cm³/mol. The minimum Gasteiger partial charge on any atom is -0.321 e. The summed E-state index contributed by atoms with van der Waals surface area (Å²) in [6.07, 6.45) is 2.23. The number of hydrogen-bond acceptors (Lipinski definition) is 6. The lowest BCUT2D eigenvalue weighted by molar-refractivity contribution is 0.103. The van der Waals surface area contributed by atoms with Crippen LogP contribution in [0.3, 0.4) is 0 Å². The molecule has 5 rings (SSSR count). The minimum absolute atomic E-state index is 0.155. The molecule has 7 nitrogen and oxygen atoms in total. The van der Waals surface area contributed by atoms with Gasteiger partial charge in [-0.1, -0.05) is 30.3 Å². The van der Waals surface area contributed by atoms with Crippen molar-refractivity contribution in [3.05, 3.63) is 65.2 Å². The molecule has 2 heterocycles. The van der Waals surface area contributed by atoms with Gasteiger partial charge in [0.05, 0.1) is 11.7 Å². The zero-order valence-corrected chi connectivity index (χ0v) is 16.6. The number of amides is 1. The fourth-order valence-corrected chi connectivity index (χ4v) is 4.12. The van der Waals surface area contributed by atoms with Crippen LogP contribution >= 0.6 is 11.3 Å². The Morgan fingerprint density at radius 2 is 1.83 bits per heavy atom. The largest absolute Gasteiger partial charge is 0.321 e. The van der Waals surface area contributed by atoms with Gasteiger partial charge in [0.1, 0.15) is 9.88 Å². The first-order chi connectivity index (χ1) is 14.2. The molecule has 144 valence electrons. The van der Waals surface area contributed by atoms with E-state index in [0.29, 0.717) is 10.9 Å².